The van der Waals surface area contributed by atoms with Crippen molar-refractivity contribution in [3.63, 3.8) is 0 Å². The molecule has 1 aliphatic rings. The van der Waals surface area contributed by atoms with Gasteiger partial charge in [0.1, 0.15) is 0 Å². The Balaban J connectivity index is 2.03. The van der Waals surface area contributed by atoms with E-state index in [1.807, 2.05) is 6.07 Å². The third-order valence-corrected chi connectivity index (χ3v) is 5.85. The standard InChI is InChI=1S/C15H25ClN2S/c1-15(2)8-6-11(7-9-15)18(3)12(10-17)13-4-5-14(16)19-13/h4-5,11-12H,6-10,17H2,1-3H3. The Kier molecular flexibility index (Phi) is 4.93. The van der Waals surface area contributed by atoms with Crippen LogP contribution in [0.4, 0.5) is 0 Å². The Morgan fingerprint density at radius 3 is 2.53 bits per heavy atom. The fraction of sp³-hybridized carbons (Fsp3) is 0.733. The predicted molar refractivity (Wildman–Crippen MR) is 84.9 cm³/mol. The van der Waals surface area contributed by atoms with Crippen molar-refractivity contribution in [3.05, 3.63) is 21.3 Å². The van der Waals surface area contributed by atoms with Crippen LogP contribution in [0.5, 0.6) is 0 Å². The quantitative estimate of drug-likeness (QED) is 0.898. The van der Waals surface area contributed by atoms with Gasteiger partial charge in [0.05, 0.1) is 10.4 Å². The van der Waals surface area contributed by atoms with Crippen LogP contribution in [0.1, 0.15) is 50.4 Å². The first-order chi connectivity index (χ1) is 8.93. The molecule has 0 saturated heterocycles. The highest BCUT2D eigenvalue weighted by molar-refractivity contribution is 7.16. The third-order valence-electron chi connectivity index (χ3n) is 4.52. The van der Waals surface area contributed by atoms with Crippen LogP contribution in [0, 0.1) is 5.41 Å². The van der Waals surface area contributed by atoms with E-state index in [9.17, 15) is 0 Å². The van der Waals surface area contributed by atoms with Crippen molar-refractivity contribution in [2.45, 2.75) is 51.6 Å². The summed E-state index contributed by atoms with van der Waals surface area (Å²) in [5.41, 5.74) is 6.51. The van der Waals surface area contributed by atoms with Gasteiger partial charge >= 0.3 is 0 Å². The highest BCUT2D eigenvalue weighted by Gasteiger charge is 2.31. The molecule has 2 nitrogen and oxygen atoms in total. The summed E-state index contributed by atoms with van der Waals surface area (Å²) in [6.07, 6.45) is 5.17. The van der Waals surface area contributed by atoms with Crippen molar-refractivity contribution in [1.29, 1.82) is 0 Å². The first-order valence-electron chi connectivity index (χ1n) is 7.10. The molecule has 0 aromatic carbocycles. The maximum Gasteiger partial charge on any atom is 0.0931 e. The van der Waals surface area contributed by atoms with Crippen LogP contribution in [-0.2, 0) is 0 Å². The zero-order chi connectivity index (χ0) is 14.0. The molecule has 1 unspecified atom stereocenters. The molecule has 108 valence electrons. The zero-order valence-corrected chi connectivity index (χ0v) is 13.7. The number of thiophene rings is 1. The molecular formula is C15H25ClN2S. The zero-order valence-electron chi connectivity index (χ0n) is 12.2. The smallest absolute Gasteiger partial charge is 0.0931 e. The summed E-state index contributed by atoms with van der Waals surface area (Å²) in [6, 6.07) is 5.06. The maximum absolute atomic E-state index is 6.05. The molecule has 0 amide bonds. The van der Waals surface area contributed by atoms with E-state index < -0.39 is 0 Å². The van der Waals surface area contributed by atoms with E-state index in [0.717, 1.165) is 4.34 Å². The Morgan fingerprint density at radius 1 is 1.42 bits per heavy atom. The van der Waals surface area contributed by atoms with Crippen LogP contribution in [-0.4, -0.2) is 24.5 Å². The van der Waals surface area contributed by atoms with Gasteiger partial charge in [-0.1, -0.05) is 25.4 Å². The second-order valence-electron chi connectivity index (χ2n) is 6.45. The Bertz CT molecular complexity index is 406. The van der Waals surface area contributed by atoms with Crippen molar-refractivity contribution in [1.82, 2.24) is 4.90 Å². The first kappa shape index (κ1) is 15.3. The van der Waals surface area contributed by atoms with E-state index in [1.54, 1.807) is 11.3 Å². The summed E-state index contributed by atoms with van der Waals surface area (Å²) in [5, 5.41) is 0. The molecule has 0 aliphatic heterocycles. The van der Waals surface area contributed by atoms with E-state index in [2.05, 4.69) is 31.9 Å². The number of halogens is 1. The van der Waals surface area contributed by atoms with Gasteiger partial charge in [0.25, 0.3) is 0 Å². The number of likely N-dealkylation sites (N-methyl/N-ethyl adjacent to an activating group) is 1. The van der Waals surface area contributed by atoms with Crippen LogP contribution < -0.4 is 5.73 Å². The summed E-state index contributed by atoms with van der Waals surface area (Å²) in [7, 11) is 2.22. The average molecular weight is 301 g/mol. The number of nitrogens with zero attached hydrogens (tertiary/aromatic N) is 1. The van der Waals surface area contributed by atoms with Gasteiger partial charge in [-0.3, -0.25) is 4.90 Å². The molecule has 1 aromatic rings. The SMILES string of the molecule is CN(C1CCC(C)(C)CC1)C(CN)c1ccc(Cl)s1. The minimum atomic E-state index is 0.309. The van der Waals surface area contributed by atoms with Gasteiger partial charge in [0.2, 0.25) is 0 Å². The Morgan fingerprint density at radius 2 is 2.05 bits per heavy atom. The second-order valence-corrected chi connectivity index (χ2v) is 8.20. The number of hydrogen-bond acceptors (Lipinski definition) is 3. The topological polar surface area (TPSA) is 29.3 Å². The molecular weight excluding hydrogens is 276 g/mol. The number of nitrogens with two attached hydrogens (primary N) is 1. The Labute approximate surface area is 125 Å². The summed E-state index contributed by atoms with van der Waals surface area (Å²) in [6.45, 7) is 5.42. The predicted octanol–water partition coefficient (Wildman–Crippen LogP) is 4.30. The summed E-state index contributed by atoms with van der Waals surface area (Å²) >= 11 is 7.70. The maximum atomic E-state index is 6.05. The van der Waals surface area contributed by atoms with Crippen molar-refractivity contribution in [2.75, 3.05) is 13.6 Å². The molecule has 0 bridgehead atoms. The molecule has 2 N–H and O–H groups in total. The number of hydrogen-bond donors (Lipinski definition) is 1. The summed E-state index contributed by atoms with van der Waals surface area (Å²) in [4.78, 5) is 3.76. The van der Waals surface area contributed by atoms with Gasteiger partial charge in [-0.15, -0.1) is 11.3 Å². The van der Waals surface area contributed by atoms with Gasteiger partial charge in [0, 0.05) is 17.5 Å². The van der Waals surface area contributed by atoms with E-state index in [4.69, 9.17) is 17.3 Å². The molecule has 1 aliphatic carbocycles. The highest BCUT2D eigenvalue weighted by Crippen LogP contribution is 2.39. The van der Waals surface area contributed by atoms with Crippen molar-refractivity contribution >= 4 is 22.9 Å². The van der Waals surface area contributed by atoms with Gasteiger partial charge in [-0.2, -0.15) is 0 Å². The molecule has 1 fully saturated rings. The minimum absolute atomic E-state index is 0.309. The van der Waals surface area contributed by atoms with Gasteiger partial charge < -0.3 is 5.73 Å². The summed E-state index contributed by atoms with van der Waals surface area (Å²) in [5.74, 6) is 0. The molecule has 0 radical (unpaired) electrons. The van der Waals surface area contributed by atoms with E-state index in [1.165, 1.54) is 30.6 Å². The molecule has 1 aromatic heterocycles. The van der Waals surface area contributed by atoms with Gasteiger partial charge in [0.15, 0.2) is 0 Å². The van der Waals surface area contributed by atoms with Crippen LogP contribution in [0.3, 0.4) is 0 Å². The van der Waals surface area contributed by atoms with Crippen LogP contribution in [0.25, 0.3) is 0 Å². The second kappa shape index (κ2) is 6.13. The largest absolute Gasteiger partial charge is 0.329 e. The van der Waals surface area contributed by atoms with Crippen LogP contribution >= 0.6 is 22.9 Å². The molecule has 1 atom stereocenters. The summed E-state index contributed by atoms with van der Waals surface area (Å²) < 4.78 is 0.853. The Hall–Kier alpha value is -0.0900. The third kappa shape index (κ3) is 3.72. The van der Waals surface area contributed by atoms with Crippen molar-refractivity contribution in [2.24, 2.45) is 11.1 Å². The number of rotatable bonds is 4. The average Bonchev–Trinajstić information content (AvgIpc) is 2.76. The van der Waals surface area contributed by atoms with Crippen LogP contribution in [0.2, 0.25) is 4.34 Å². The monoisotopic (exact) mass is 300 g/mol. The van der Waals surface area contributed by atoms with Gasteiger partial charge in [-0.25, -0.2) is 0 Å². The lowest BCUT2D eigenvalue weighted by molar-refractivity contribution is 0.0978. The molecule has 4 heteroatoms. The van der Waals surface area contributed by atoms with Crippen LogP contribution in [0.15, 0.2) is 12.1 Å². The fourth-order valence-electron chi connectivity index (χ4n) is 3.04. The lowest BCUT2D eigenvalue weighted by atomic mass is 9.75. The minimum Gasteiger partial charge on any atom is -0.329 e. The lowest BCUT2D eigenvalue weighted by Crippen LogP contribution is -2.41. The van der Waals surface area contributed by atoms with Gasteiger partial charge in [-0.05, 0) is 50.3 Å². The highest BCUT2D eigenvalue weighted by atomic mass is 35.5. The molecule has 2 rings (SSSR count). The van der Waals surface area contributed by atoms with E-state index >= 15 is 0 Å². The molecule has 1 heterocycles. The van der Waals surface area contributed by atoms with E-state index in [0.29, 0.717) is 24.0 Å². The molecule has 0 spiro atoms. The van der Waals surface area contributed by atoms with E-state index in [-0.39, 0.29) is 0 Å². The van der Waals surface area contributed by atoms with Crippen molar-refractivity contribution in [3.8, 4) is 0 Å². The first-order valence-corrected chi connectivity index (χ1v) is 8.29. The molecule has 1 saturated carbocycles. The molecule has 19 heavy (non-hydrogen) atoms. The normalized spacial score (nSPS) is 21.8. The van der Waals surface area contributed by atoms with Crippen molar-refractivity contribution < 1.29 is 0 Å². The fourth-order valence-corrected chi connectivity index (χ4v) is 4.26. The lowest BCUT2D eigenvalue weighted by Gasteiger charge is -2.41.